The van der Waals surface area contributed by atoms with Gasteiger partial charge in [-0.2, -0.15) is 0 Å². The summed E-state index contributed by atoms with van der Waals surface area (Å²) in [5, 5.41) is 0. The lowest BCUT2D eigenvalue weighted by Crippen LogP contribution is -2.47. The lowest BCUT2D eigenvalue weighted by molar-refractivity contribution is -0.0389. The van der Waals surface area contributed by atoms with Gasteiger partial charge in [-0.1, -0.05) is 0 Å². The number of halogens is 1. The van der Waals surface area contributed by atoms with Gasteiger partial charge in [0, 0.05) is 32.0 Å². The highest BCUT2D eigenvalue weighted by molar-refractivity contribution is 5.96. The third-order valence-electron chi connectivity index (χ3n) is 6.13. The molecule has 3 heterocycles. The highest BCUT2D eigenvalue weighted by Gasteiger charge is 2.44. The summed E-state index contributed by atoms with van der Waals surface area (Å²) in [6, 6.07) is 10.3. The summed E-state index contributed by atoms with van der Waals surface area (Å²) >= 11 is 0. The molecule has 1 aromatic heterocycles. The van der Waals surface area contributed by atoms with Crippen LogP contribution in [0.2, 0.25) is 0 Å². The minimum absolute atomic E-state index is 0.0530. The number of pyridine rings is 1. The molecule has 1 aromatic carbocycles. The van der Waals surface area contributed by atoms with Crippen molar-refractivity contribution >= 4 is 11.6 Å². The number of methoxy groups -OCH3 is 1. The van der Waals surface area contributed by atoms with Crippen molar-refractivity contribution in [3.8, 4) is 5.88 Å². The Labute approximate surface area is 170 Å². The number of ether oxygens (including phenoxy) is 2. The zero-order valence-corrected chi connectivity index (χ0v) is 16.8. The monoisotopic (exact) mass is 399 g/mol. The number of rotatable bonds is 4. The van der Waals surface area contributed by atoms with E-state index in [0.29, 0.717) is 31.1 Å². The summed E-state index contributed by atoms with van der Waals surface area (Å²) in [4.78, 5) is 21.0. The number of amides is 1. The van der Waals surface area contributed by atoms with Crippen molar-refractivity contribution < 1.29 is 18.7 Å². The van der Waals surface area contributed by atoms with Crippen LogP contribution in [0.4, 0.5) is 10.1 Å². The van der Waals surface area contributed by atoms with Gasteiger partial charge >= 0.3 is 0 Å². The minimum Gasteiger partial charge on any atom is -0.480 e. The molecule has 154 valence electrons. The molecule has 0 saturated carbocycles. The Morgan fingerprint density at radius 3 is 2.69 bits per heavy atom. The second-order valence-electron chi connectivity index (χ2n) is 7.79. The quantitative estimate of drug-likeness (QED) is 0.791. The molecule has 0 N–H and O–H groups in total. The molecule has 2 aromatic rings. The minimum atomic E-state index is -0.233. The number of carbonyl (C=O) groups excluding carboxylic acids is 1. The van der Waals surface area contributed by atoms with Crippen LogP contribution in [0.1, 0.15) is 29.6 Å². The standard InChI is InChI=1S/C22H26FN3O3/c1-25(17-7-5-16(23)6-8-17)18-14-22(29-15-18)9-12-26(13-10-22)21(27)19-4-3-11-24-20(19)28-2/h3-8,11,18H,9-10,12-15H2,1-2H3. The predicted octanol–water partition coefficient (Wildman–Crippen LogP) is 3.13. The summed E-state index contributed by atoms with van der Waals surface area (Å²) in [6.07, 6.45) is 4.12. The normalized spacial score (nSPS) is 20.7. The highest BCUT2D eigenvalue weighted by Crippen LogP contribution is 2.38. The number of nitrogens with zero attached hydrogens (tertiary/aromatic N) is 3. The Morgan fingerprint density at radius 2 is 2.00 bits per heavy atom. The summed E-state index contributed by atoms with van der Waals surface area (Å²) in [6.45, 7) is 1.92. The first-order chi connectivity index (χ1) is 14.0. The Hall–Kier alpha value is -2.67. The molecule has 0 aliphatic carbocycles. The van der Waals surface area contributed by atoms with Crippen molar-refractivity contribution in [3.05, 3.63) is 54.0 Å². The zero-order chi connectivity index (χ0) is 20.4. The third-order valence-corrected chi connectivity index (χ3v) is 6.13. The topological polar surface area (TPSA) is 54.9 Å². The van der Waals surface area contributed by atoms with Crippen LogP contribution in [0.3, 0.4) is 0 Å². The van der Waals surface area contributed by atoms with Crippen LogP contribution in [0, 0.1) is 5.82 Å². The Morgan fingerprint density at radius 1 is 1.28 bits per heavy atom. The van der Waals surface area contributed by atoms with E-state index in [1.807, 2.05) is 11.9 Å². The number of likely N-dealkylation sites (tertiary alicyclic amines) is 1. The first kappa shape index (κ1) is 19.6. The fraction of sp³-hybridized carbons (Fsp3) is 0.455. The molecule has 7 heteroatoms. The van der Waals surface area contributed by atoms with Crippen molar-refractivity contribution in [3.63, 3.8) is 0 Å². The molecule has 1 amide bonds. The van der Waals surface area contributed by atoms with E-state index in [0.717, 1.165) is 24.9 Å². The van der Waals surface area contributed by atoms with E-state index in [2.05, 4.69) is 9.88 Å². The van der Waals surface area contributed by atoms with Crippen LogP contribution in [-0.4, -0.2) is 61.3 Å². The van der Waals surface area contributed by atoms with Gasteiger partial charge in [-0.3, -0.25) is 4.79 Å². The third kappa shape index (κ3) is 3.92. The maximum atomic E-state index is 13.2. The molecule has 0 bridgehead atoms. The van der Waals surface area contributed by atoms with E-state index in [1.165, 1.54) is 19.2 Å². The largest absolute Gasteiger partial charge is 0.480 e. The second-order valence-corrected chi connectivity index (χ2v) is 7.79. The second kappa shape index (κ2) is 7.99. The smallest absolute Gasteiger partial charge is 0.259 e. The van der Waals surface area contributed by atoms with Crippen LogP contribution in [0.5, 0.6) is 5.88 Å². The predicted molar refractivity (Wildman–Crippen MR) is 108 cm³/mol. The number of hydrogen-bond acceptors (Lipinski definition) is 5. The number of carbonyl (C=O) groups is 1. The number of piperidine rings is 1. The number of hydrogen-bond donors (Lipinski definition) is 0. The van der Waals surface area contributed by atoms with Gasteiger partial charge in [0.1, 0.15) is 11.4 Å². The van der Waals surface area contributed by atoms with Gasteiger partial charge in [-0.05, 0) is 55.7 Å². The molecule has 6 nitrogen and oxygen atoms in total. The number of anilines is 1. The van der Waals surface area contributed by atoms with Gasteiger partial charge in [0.25, 0.3) is 5.91 Å². The van der Waals surface area contributed by atoms with Gasteiger partial charge in [-0.15, -0.1) is 0 Å². The Kier molecular flexibility index (Phi) is 5.41. The summed E-state index contributed by atoms with van der Waals surface area (Å²) < 4.78 is 24.7. The van der Waals surface area contributed by atoms with Crippen molar-refractivity contribution in [2.24, 2.45) is 0 Å². The van der Waals surface area contributed by atoms with E-state index in [-0.39, 0.29) is 23.4 Å². The molecule has 2 saturated heterocycles. The lowest BCUT2D eigenvalue weighted by Gasteiger charge is -2.39. The molecule has 2 fully saturated rings. The first-order valence-electron chi connectivity index (χ1n) is 9.92. The van der Waals surface area contributed by atoms with Crippen LogP contribution >= 0.6 is 0 Å². The highest BCUT2D eigenvalue weighted by atomic mass is 19.1. The summed E-state index contributed by atoms with van der Waals surface area (Å²) in [7, 11) is 3.54. The number of likely N-dealkylation sites (N-methyl/N-ethyl adjacent to an activating group) is 1. The molecule has 1 spiro atoms. The Bertz CT molecular complexity index is 866. The molecule has 1 unspecified atom stereocenters. The van der Waals surface area contributed by atoms with Crippen LogP contribution in [0.25, 0.3) is 0 Å². The number of aromatic nitrogens is 1. The average molecular weight is 399 g/mol. The Balaban J connectivity index is 1.38. The zero-order valence-electron chi connectivity index (χ0n) is 16.8. The maximum absolute atomic E-state index is 13.2. The van der Waals surface area contributed by atoms with Crippen molar-refractivity contribution in [1.29, 1.82) is 0 Å². The SMILES string of the molecule is COc1ncccc1C(=O)N1CCC2(CC1)CC(N(C)c1ccc(F)cc1)CO2. The fourth-order valence-corrected chi connectivity index (χ4v) is 4.31. The summed E-state index contributed by atoms with van der Waals surface area (Å²) in [5.74, 6) is 0.0715. The van der Waals surface area contributed by atoms with E-state index >= 15 is 0 Å². The molecule has 0 radical (unpaired) electrons. The van der Waals surface area contributed by atoms with Gasteiger partial charge < -0.3 is 19.3 Å². The van der Waals surface area contributed by atoms with Gasteiger partial charge in [0.2, 0.25) is 5.88 Å². The molecule has 1 atom stereocenters. The molecular weight excluding hydrogens is 373 g/mol. The van der Waals surface area contributed by atoms with E-state index in [4.69, 9.17) is 9.47 Å². The number of benzene rings is 1. The first-order valence-corrected chi connectivity index (χ1v) is 9.92. The average Bonchev–Trinajstić information content (AvgIpc) is 3.17. The fourth-order valence-electron chi connectivity index (χ4n) is 4.31. The van der Waals surface area contributed by atoms with Crippen molar-refractivity contribution in [1.82, 2.24) is 9.88 Å². The van der Waals surface area contributed by atoms with Crippen molar-refractivity contribution in [2.45, 2.75) is 30.9 Å². The van der Waals surface area contributed by atoms with E-state index < -0.39 is 0 Å². The lowest BCUT2D eigenvalue weighted by atomic mass is 9.87. The van der Waals surface area contributed by atoms with Crippen LogP contribution < -0.4 is 9.64 Å². The van der Waals surface area contributed by atoms with Crippen LogP contribution in [-0.2, 0) is 4.74 Å². The molecule has 2 aliphatic heterocycles. The molecular formula is C22H26FN3O3. The molecule has 2 aliphatic rings. The maximum Gasteiger partial charge on any atom is 0.259 e. The van der Waals surface area contributed by atoms with E-state index in [1.54, 1.807) is 30.5 Å². The molecule has 4 rings (SSSR count). The van der Waals surface area contributed by atoms with Crippen LogP contribution in [0.15, 0.2) is 42.6 Å². The van der Waals surface area contributed by atoms with Gasteiger partial charge in [-0.25, -0.2) is 9.37 Å². The van der Waals surface area contributed by atoms with Crippen molar-refractivity contribution in [2.75, 3.05) is 38.8 Å². The van der Waals surface area contributed by atoms with Gasteiger partial charge in [0.05, 0.1) is 25.4 Å². The van der Waals surface area contributed by atoms with E-state index in [9.17, 15) is 9.18 Å². The summed E-state index contributed by atoms with van der Waals surface area (Å²) in [5.41, 5.74) is 1.27. The molecule has 29 heavy (non-hydrogen) atoms. The van der Waals surface area contributed by atoms with Gasteiger partial charge in [0.15, 0.2) is 0 Å².